The molecule has 0 spiro atoms. The number of carbonyl (C=O) groups is 2. The van der Waals surface area contributed by atoms with Gasteiger partial charge in [0.2, 0.25) is 0 Å². The van der Waals surface area contributed by atoms with Gasteiger partial charge in [0.25, 0.3) is 5.91 Å². The first-order chi connectivity index (χ1) is 23.4. The first kappa shape index (κ1) is 33.4. The Morgan fingerprint density at radius 3 is 2.62 bits per heavy atom. The van der Waals surface area contributed by atoms with Crippen molar-refractivity contribution in [1.82, 2.24) is 14.8 Å². The Balaban J connectivity index is 1.15. The van der Waals surface area contributed by atoms with Gasteiger partial charge in [-0.1, -0.05) is 42.2 Å². The van der Waals surface area contributed by atoms with Gasteiger partial charge in [0.1, 0.15) is 16.7 Å². The van der Waals surface area contributed by atoms with Gasteiger partial charge in [-0.15, -0.1) is 0 Å². The number of fused-ring (bicyclic) bond motifs is 1. The molecule has 1 aromatic heterocycles. The smallest absolute Gasteiger partial charge is 0.335 e. The summed E-state index contributed by atoms with van der Waals surface area (Å²) in [6.07, 6.45) is 4.17. The van der Waals surface area contributed by atoms with E-state index in [0.29, 0.717) is 40.3 Å². The first-order valence-electron chi connectivity index (χ1n) is 15.6. The van der Waals surface area contributed by atoms with Crippen LogP contribution in [0.5, 0.6) is 17.2 Å². The third kappa shape index (κ3) is 7.96. The van der Waals surface area contributed by atoms with E-state index in [0.717, 1.165) is 66.2 Å². The van der Waals surface area contributed by atoms with Gasteiger partial charge in [0.15, 0.2) is 11.5 Å². The van der Waals surface area contributed by atoms with E-state index in [1.807, 2.05) is 48.5 Å². The van der Waals surface area contributed by atoms with Crippen LogP contribution in [0.3, 0.4) is 0 Å². The molecule has 1 N–H and O–H groups in total. The van der Waals surface area contributed by atoms with Gasteiger partial charge in [0, 0.05) is 43.3 Å². The number of carbonyl (C=O) groups excluding carboxylic acids is 1. The number of aromatic carboxylic acids is 1. The van der Waals surface area contributed by atoms with Crippen molar-refractivity contribution in [2.75, 3.05) is 59.7 Å². The van der Waals surface area contributed by atoms with Crippen molar-refractivity contribution in [2.45, 2.75) is 6.42 Å². The minimum absolute atomic E-state index is 0.108. The number of nitrogens with zero attached hydrogens (tertiary/aromatic N) is 3. The lowest BCUT2D eigenvalue weighted by Gasteiger charge is -2.26. The molecule has 2 aliphatic heterocycles. The summed E-state index contributed by atoms with van der Waals surface area (Å²) in [4.78, 5) is 33.6. The largest absolute Gasteiger partial charge is 0.493 e. The molecule has 3 heterocycles. The molecule has 2 saturated heterocycles. The molecule has 12 heteroatoms. The van der Waals surface area contributed by atoms with Gasteiger partial charge < -0.3 is 24.1 Å². The molecule has 0 radical (unpaired) electrons. The van der Waals surface area contributed by atoms with Gasteiger partial charge in [-0.05, 0) is 72.2 Å². The summed E-state index contributed by atoms with van der Waals surface area (Å²) in [6, 6.07) is 20.5. The zero-order valence-electron chi connectivity index (χ0n) is 26.4. The highest BCUT2D eigenvalue weighted by atomic mass is 32.2. The van der Waals surface area contributed by atoms with Crippen LogP contribution in [0.1, 0.15) is 22.3 Å². The third-order valence-corrected chi connectivity index (χ3v) is 9.43. The van der Waals surface area contributed by atoms with Crippen LogP contribution < -0.4 is 14.2 Å². The number of morpholine rings is 1. The van der Waals surface area contributed by atoms with Gasteiger partial charge in [0.05, 0.1) is 42.9 Å². The fraction of sp³-hybridized carbons (Fsp3) is 0.278. The van der Waals surface area contributed by atoms with E-state index in [-0.39, 0.29) is 18.1 Å². The Bertz CT molecular complexity index is 1860. The SMILES string of the molecule is COc1cc(C(=O)O)ccc1OCCCN1C(=O)/C(=C/c2ccc(OCCN3CCOCC3)c(-c3ccc4ncccc4c3)c2)SC1=S. The van der Waals surface area contributed by atoms with Gasteiger partial charge in [-0.3, -0.25) is 19.6 Å². The monoisotopic (exact) mass is 685 g/mol. The van der Waals surface area contributed by atoms with Crippen LogP contribution in [-0.2, 0) is 9.53 Å². The van der Waals surface area contributed by atoms with Crippen LogP contribution in [0, 0.1) is 0 Å². The number of amides is 1. The van der Waals surface area contributed by atoms with Crippen molar-refractivity contribution in [3.05, 3.63) is 89.0 Å². The number of hydrogen-bond donors (Lipinski definition) is 1. The minimum atomic E-state index is -1.05. The van der Waals surface area contributed by atoms with Crippen molar-refractivity contribution < 1.29 is 33.6 Å². The predicted octanol–water partition coefficient (Wildman–Crippen LogP) is 5.99. The van der Waals surface area contributed by atoms with E-state index < -0.39 is 5.97 Å². The number of benzene rings is 3. The maximum atomic E-state index is 13.4. The van der Waals surface area contributed by atoms with E-state index >= 15 is 0 Å². The second-order valence-corrected chi connectivity index (χ2v) is 12.9. The topological polar surface area (TPSA) is 111 Å². The van der Waals surface area contributed by atoms with Crippen molar-refractivity contribution in [2.24, 2.45) is 0 Å². The summed E-state index contributed by atoms with van der Waals surface area (Å²) in [7, 11) is 1.45. The van der Waals surface area contributed by atoms with Gasteiger partial charge in [-0.25, -0.2) is 4.79 Å². The minimum Gasteiger partial charge on any atom is -0.493 e. The molecule has 2 aliphatic rings. The molecular formula is C36H35N3O7S2. The highest BCUT2D eigenvalue weighted by molar-refractivity contribution is 8.26. The lowest BCUT2D eigenvalue weighted by Crippen LogP contribution is -2.38. The van der Waals surface area contributed by atoms with Crippen LogP contribution in [0.15, 0.2) is 77.8 Å². The Morgan fingerprint density at radius 2 is 1.81 bits per heavy atom. The molecule has 0 saturated carbocycles. The summed E-state index contributed by atoms with van der Waals surface area (Å²) in [5.41, 5.74) is 3.80. The number of thioether (sulfide) groups is 1. The Morgan fingerprint density at radius 1 is 1.00 bits per heavy atom. The van der Waals surface area contributed by atoms with E-state index in [2.05, 4.69) is 16.0 Å². The Hall–Kier alpha value is -4.49. The number of rotatable bonds is 13. The number of carboxylic acids is 1. The number of thiocarbonyl (C=S) groups is 1. The van der Waals surface area contributed by atoms with Gasteiger partial charge in [-0.2, -0.15) is 0 Å². The fourth-order valence-electron chi connectivity index (χ4n) is 5.51. The van der Waals surface area contributed by atoms with Crippen LogP contribution in [0.4, 0.5) is 0 Å². The van der Waals surface area contributed by atoms with E-state index in [4.69, 9.17) is 31.2 Å². The first-order valence-corrected chi connectivity index (χ1v) is 16.8. The second-order valence-electron chi connectivity index (χ2n) is 11.2. The summed E-state index contributed by atoms with van der Waals surface area (Å²) in [6.45, 7) is 5.30. The van der Waals surface area contributed by atoms with Crippen LogP contribution in [0.25, 0.3) is 28.1 Å². The number of aromatic nitrogens is 1. The van der Waals surface area contributed by atoms with Crippen molar-refractivity contribution in [3.63, 3.8) is 0 Å². The molecule has 248 valence electrons. The van der Waals surface area contributed by atoms with Crippen molar-refractivity contribution >= 4 is 57.2 Å². The summed E-state index contributed by atoms with van der Waals surface area (Å²) in [5, 5.41) is 10.2. The molecular weight excluding hydrogens is 651 g/mol. The maximum absolute atomic E-state index is 13.4. The van der Waals surface area contributed by atoms with Crippen LogP contribution in [0.2, 0.25) is 0 Å². The molecule has 4 aromatic rings. The van der Waals surface area contributed by atoms with E-state index in [1.54, 1.807) is 17.2 Å². The van der Waals surface area contributed by atoms with Gasteiger partial charge >= 0.3 is 5.97 Å². The molecule has 10 nitrogen and oxygen atoms in total. The Kier molecular flexibility index (Phi) is 10.9. The molecule has 48 heavy (non-hydrogen) atoms. The number of pyridine rings is 1. The zero-order valence-corrected chi connectivity index (χ0v) is 28.1. The van der Waals surface area contributed by atoms with Crippen molar-refractivity contribution in [3.8, 4) is 28.4 Å². The fourth-order valence-corrected chi connectivity index (χ4v) is 6.82. The molecule has 0 unspecified atom stereocenters. The zero-order chi connectivity index (χ0) is 33.5. The van der Waals surface area contributed by atoms with E-state index in [1.165, 1.54) is 31.0 Å². The highest BCUT2D eigenvalue weighted by Gasteiger charge is 2.31. The number of hydrogen-bond acceptors (Lipinski definition) is 10. The second kappa shape index (κ2) is 15.6. The molecule has 0 bridgehead atoms. The molecule has 2 fully saturated rings. The lowest BCUT2D eigenvalue weighted by atomic mass is 9.99. The summed E-state index contributed by atoms with van der Waals surface area (Å²) in [5.74, 6) is 0.327. The summed E-state index contributed by atoms with van der Waals surface area (Å²) >= 11 is 6.85. The molecule has 0 atom stereocenters. The number of ether oxygens (including phenoxy) is 4. The highest BCUT2D eigenvalue weighted by Crippen LogP contribution is 2.37. The predicted molar refractivity (Wildman–Crippen MR) is 190 cm³/mol. The molecule has 3 aromatic carbocycles. The molecule has 1 amide bonds. The maximum Gasteiger partial charge on any atom is 0.335 e. The third-order valence-electron chi connectivity index (χ3n) is 8.05. The standard InChI is InChI=1S/C36H35N3O7S2/c1-43-32-23-27(35(41)42)7-10-31(32)45-16-3-12-39-34(40)33(48-36(39)47)21-24-5-9-30(46-19-15-38-13-17-44-18-14-38)28(20-24)25-6-8-29-26(22-25)4-2-11-37-29/h2,4-11,20-23H,3,12-19H2,1H3,(H,41,42)/b33-21-. The lowest BCUT2D eigenvalue weighted by molar-refractivity contribution is -0.122. The normalized spacial score (nSPS) is 16.1. The molecule has 0 aliphatic carbocycles. The Labute approximate surface area is 288 Å². The van der Waals surface area contributed by atoms with Crippen LogP contribution in [-0.4, -0.2) is 95.8 Å². The summed E-state index contributed by atoms with van der Waals surface area (Å²) < 4.78 is 23.4. The average molecular weight is 686 g/mol. The molecule has 6 rings (SSSR count). The van der Waals surface area contributed by atoms with Crippen LogP contribution >= 0.6 is 24.0 Å². The number of carboxylic acid groups (broad SMARTS) is 1. The average Bonchev–Trinajstić information content (AvgIpc) is 3.37. The van der Waals surface area contributed by atoms with Crippen molar-refractivity contribution in [1.29, 1.82) is 0 Å². The quantitative estimate of drug-likeness (QED) is 0.102. The number of methoxy groups -OCH3 is 1. The van der Waals surface area contributed by atoms with E-state index in [9.17, 15) is 14.7 Å².